The number of rotatable bonds is 3. The normalized spacial score (nSPS) is 32.2. The van der Waals surface area contributed by atoms with E-state index in [1.54, 1.807) is 13.8 Å². The number of benzene rings is 1. The molecule has 1 aromatic carbocycles. The third-order valence-corrected chi connectivity index (χ3v) is 5.87. The van der Waals surface area contributed by atoms with E-state index in [9.17, 15) is 22.8 Å². The van der Waals surface area contributed by atoms with Crippen molar-refractivity contribution in [3.8, 4) is 6.07 Å². The highest BCUT2D eigenvalue weighted by atomic mass is 19.4. The van der Waals surface area contributed by atoms with Crippen molar-refractivity contribution in [3.05, 3.63) is 29.3 Å². The topological polar surface area (TPSA) is 70.4 Å². The van der Waals surface area contributed by atoms with Crippen molar-refractivity contribution in [2.75, 3.05) is 11.9 Å². The molecule has 5 nitrogen and oxygen atoms in total. The van der Waals surface area contributed by atoms with Crippen molar-refractivity contribution < 1.29 is 27.5 Å². The first-order chi connectivity index (χ1) is 12.5. The second kappa shape index (κ2) is 6.06. The van der Waals surface area contributed by atoms with Gasteiger partial charge in [-0.25, -0.2) is 0 Å². The van der Waals surface area contributed by atoms with Gasteiger partial charge < -0.3 is 14.4 Å². The SMILES string of the molecule is CN(C(=O)[C@H]1[C@@H](C=O)C2(C)CCC1(C)O2)c1ccc(C#N)c(C(F)(F)F)c1. The Kier molecular flexibility index (Phi) is 4.35. The lowest BCUT2D eigenvalue weighted by Crippen LogP contribution is -2.49. The van der Waals surface area contributed by atoms with Gasteiger partial charge in [-0.15, -0.1) is 0 Å². The smallest absolute Gasteiger partial charge is 0.368 e. The number of aldehydes is 1. The molecule has 4 atom stereocenters. The van der Waals surface area contributed by atoms with Crippen LogP contribution in [-0.2, 0) is 20.5 Å². The molecule has 0 radical (unpaired) electrons. The van der Waals surface area contributed by atoms with Gasteiger partial charge >= 0.3 is 6.18 Å². The summed E-state index contributed by atoms with van der Waals surface area (Å²) in [6, 6.07) is 4.63. The van der Waals surface area contributed by atoms with E-state index >= 15 is 0 Å². The van der Waals surface area contributed by atoms with Crippen LogP contribution in [0.5, 0.6) is 0 Å². The number of fused-ring (bicyclic) bond motifs is 2. The van der Waals surface area contributed by atoms with E-state index in [1.165, 1.54) is 19.2 Å². The Labute approximate surface area is 154 Å². The zero-order valence-electron chi connectivity index (χ0n) is 15.1. The van der Waals surface area contributed by atoms with Crippen molar-refractivity contribution in [2.45, 2.75) is 44.1 Å². The van der Waals surface area contributed by atoms with Gasteiger partial charge in [0.2, 0.25) is 5.91 Å². The van der Waals surface area contributed by atoms with Crippen LogP contribution in [-0.4, -0.2) is 30.4 Å². The molecule has 1 aromatic rings. The first-order valence-electron chi connectivity index (χ1n) is 8.51. The summed E-state index contributed by atoms with van der Waals surface area (Å²) in [5.41, 5.74) is -3.17. The predicted octanol–water partition coefficient (Wildman–Crippen LogP) is 3.31. The van der Waals surface area contributed by atoms with Gasteiger partial charge in [0, 0.05) is 12.7 Å². The minimum Gasteiger partial charge on any atom is -0.368 e. The van der Waals surface area contributed by atoms with Gasteiger partial charge in [0.05, 0.1) is 40.2 Å². The first-order valence-corrected chi connectivity index (χ1v) is 8.51. The van der Waals surface area contributed by atoms with E-state index in [1.807, 2.05) is 0 Å². The quantitative estimate of drug-likeness (QED) is 0.755. The lowest BCUT2D eigenvalue weighted by molar-refractivity contribution is -0.138. The van der Waals surface area contributed by atoms with Crippen LogP contribution in [0, 0.1) is 23.2 Å². The van der Waals surface area contributed by atoms with E-state index in [0.29, 0.717) is 19.1 Å². The number of hydrogen-bond donors (Lipinski definition) is 0. The molecule has 2 aliphatic rings. The minimum absolute atomic E-state index is 0.00694. The average molecular weight is 380 g/mol. The van der Waals surface area contributed by atoms with Gasteiger partial charge in [-0.1, -0.05) is 0 Å². The molecule has 27 heavy (non-hydrogen) atoms. The van der Waals surface area contributed by atoms with Crippen molar-refractivity contribution in [2.24, 2.45) is 11.8 Å². The van der Waals surface area contributed by atoms with Crippen LogP contribution in [0.15, 0.2) is 18.2 Å². The largest absolute Gasteiger partial charge is 0.417 e. The molecule has 2 heterocycles. The predicted molar refractivity (Wildman–Crippen MR) is 89.7 cm³/mol. The summed E-state index contributed by atoms with van der Waals surface area (Å²) in [5, 5.41) is 8.91. The van der Waals surface area contributed by atoms with Crippen LogP contribution in [0.4, 0.5) is 18.9 Å². The molecule has 3 rings (SSSR count). The number of anilines is 1. The Hall–Kier alpha value is -2.40. The van der Waals surface area contributed by atoms with Crippen LogP contribution >= 0.6 is 0 Å². The summed E-state index contributed by atoms with van der Waals surface area (Å²) in [5.74, 6) is -1.91. The summed E-state index contributed by atoms with van der Waals surface area (Å²) in [6.45, 7) is 3.55. The summed E-state index contributed by atoms with van der Waals surface area (Å²) in [6.07, 6.45) is -2.76. The standard InChI is InChI=1S/C19H19F3N2O3/c1-17-6-7-18(2,27-17)15(14(17)10-25)16(26)24(3)12-5-4-11(9-23)13(8-12)19(20,21)22/h4-5,8,10,14-15H,6-7H2,1-3H3/t14-,15-,17?,18?/m1/s1. The molecule has 8 heteroatoms. The molecule has 0 saturated carbocycles. The fourth-order valence-electron chi connectivity index (χ4n) is 4.36. The number of halogens is 3. The van der Waals surface area contributed by atoms with E-state index < -0.39 is 46.2 Å². The fourth-order valence-corrected chi connectivity index (χ4v) is 4.36. The molecule has 0 N–H and O–H groups in total. The number of amides is 1. The van der Waals surface area contributed by atoms with Crippen LogP contribution in [0.1, 0.15) is 37.8 Å². The number of hydrogen-bond acceptors (Lipinski definition) is 4. The van der Waals surface area contributed by atoms with Crippen molar-refractivity contribution in [3.63, 3.8) is 0 Å². The number of ether oxygens (including phenoxy) is 1. The van der Waals surface area contributed by atoms with Crippen LogP contribution in [0.2, 0.25) is 0 Å². The lowest BCUT2D eigenvalue weighted by atomic mass is 9.67. The number of carbonyl (C=O) groups is 2. The summed E-state index contributed by atoms with van der Waals surface area (Å²) >= 11 is 0. The zero-order chi connectivity index (χ0) is 20.2. The molecule has 144 valence electrons. The molecule has 0 aromatic heterocycles. The molecule has 2 unspecified atom stereocenters. The third kappa shape index (κ3) is 2.90. The Morgan fingerprint density at radius 3 is 2.52 bits per heavy atom. The maximum atomic E-state index is 13.2. The number of carbonyl (C=O) groups excluding carboxylic acids is 2. The third-order valence-electron chi connectivity index (χ3n) is 5.87. The molecular formula is C19H19F3N2O3. The zero-order valence-corrected chi connectivity index (χ0v) is 15.1. The first kappa shape index (κ1) is 19.4. The Morgan fingerprint density at radius 1 is 1.33 bits per heavy atom. The van der Waals surface area contributed by atoms with E-state index in [4.69, 9.17) is 10.00 Å². The van der Waals surface area contributed by atoms with Gasteiger partial charge in [-0.3, -0.25) is 4.79 Å². The van der Waals surface area contributed by atoms with Crippen LogP contribution in [0.25, 0.3) is 0 Å². The molecule has 0 aliphatic carbocycles. The van der Waals surface area contributed by atoms with Gasteiger partial charge in [0.25, 0.3) is 0 Å². The molecule has 2 aliphatic heterocycles. The van der Waals surface area contributed by atoms with Crippen molar-refractivity contribution in [1.29, 1.82) is 5.26 Å². The molecule has 0 spiro atoms. The highest BCUT2D eigenvalue weighted by Crippen LogP contribution is 2.57. The molecule has 2 bridgehead atoms. The number of nitrogens with zero attached hydrogens (tertiary/aromatic N) is 2. The summed E-state index contributed by atoms with van der Waals surface area (Å²) < 4.78 is 45.6. The molecule has 1 amide bonds. The number of nitriles is 1. The Morgan fingerprint density at radius 2 is 1.96 bits per heavy atom. The number of alkyl halides is 3. The van der Waals surface area contributed by atoms with E-state index in [0.717, 1.165) is 17.0 Å². The van der Waals surface area contributed by atoms with Crippen molar-refractivity contribution in [1.82, 2.24) is 0 Å². The molecule has 2 fully saturated rings. The second-order valence-corrected chi connectivity index (χ2v) is 7.60. The minimum atomic E-state index is -4.72. The fraction of sp³-hybridized carbons (Fsp3) is 0.526. The lowest BCUT2D eigenvalue weighted by Gasteiger charge is -2.35. The van der Waals surface area contributed by atoms with Crippen LogP contribution < -0.4 is 4.90 Å². The van der Waals surface area contributed by atoms with Gasteiger partial charge in [0.15, 0.2) is 0 Å². The van der Waals surface area contributed by atoms with Crippen LogP contribution in [0.3, 0.4) is 0 Å². The second-order valence-electron chi connectivity index (χ2n) is 7.60. The Balaban J connectivity index is 1.97. The molecular weight excluding hydrogens is 361 g/mol. The van der Waals surface area contributed by atoms with Gasteiger partial charge in [-0.2, -0.15) is 18.4 Å². The summed E-state index contributed by atoms with van der Waals surface area (Å²) in [4.78, 5) is 25.9. The monoisotopic (exact) mass is 380 g/mol. The highest BCUT2D eigenvalue weighted by Gasteiger charge is 2.65. The van der Waals surface area contributed by atoms with Gasteiger partial charge in [-0.05, 0) is 44.9 Å². The maximum absolute atomic E-state index is 13.2. The van der Waals surface area contributed by atoms with Gasteiger partial charge in [0.1, 0.15) is 6.29 Å². The highest BCUT2D eigenvalue weighted by molar-refractivity contribution is 5.97. The maximum Gasteiger partial charge on any atom is 0.417 e. The average Bonchev–Trinajstić information content (AvgIpc) is 3.04. The Bertz CT molecular complexity index is 848. The van der Waals surface area contributed by atoms with E-state index in [-0.39, 0.29) is 5.69 Å². The molecule has 2 saturated heterocycles. The van der Waals surface area contributed by atoms with E-state index in [2.05, 4.69) is 0 Å². The van der Waals surface area contributed by atoms with Crippen molar-refractivity contribution >= 4 is 17.9 Å². The summed E-state index contributed by atoms with van der Waals surface area (Å²) in [7, 11) is 1.36.